The summed E-state index contributed by atoms with van der Waals surface area (Å²) in [7, 11) is 0. The fourth-order valence-corrected chi connectivity index (χ4v) is 3.81. The molecule has 3 heterocycles. The van der Waals surface area contributed by atoms with Gasteiger partial charge in [-0.3, -0.25) is 4.79 Å². The Morgan fingerprint density at radius 3 is 2.26 bits per heavy atom. The van der Waals surface area contributed by atoms with Gasteiger partial charge in [0.25, 0.3) is 5.91 Å². The van der Waals surface area contributed by atoms with E-state index in [2.05, 4.69) is 15.1 Å². The molecule has 0 bridgehead atoms. The summed E-state index contributed by atoms with van der Waals surface area (Å²) >= 11 is 6.16. The van der Waals surface area contributed by atoms with Crippen molar-refractivity contribution >= 4 is 40.5 Å². The van der Waals surface area contributed by atoms with Crippen LogP contribution in [0.4, 0.5) is 32.2 Å². The lowest BCUT2D eigenvalue weighted by atomic mass is 10.0. The summed E-state index contributed by atoms with van der Waals surface area (Å²) in [6.07, 6.45) is 1.94. The molecular formula is C20H14ClF6N5O2. The van der Waals surface area contributed by atoms with E-state index in [1.807, 2.05) is 0 Å². The lowest BCUT2D eigenvalue weighted by molar-refractivity contribution is -0.172. The lowest BCUT2D eigenvalue weighted by Crippen LogP contribution is -2.38. The maximum absolute atomic E-state index is 13.8. The number of hydrogen-bond donors (Lipinski definition) is 0. The number of aldehydes is 1. The molecule has 14 heteroatoms. The monoisotopic (exact) mass is 505 g/mol. The van der Waals surface area contributed by atoms with E-state index in [9.17, 15) is 35.9 Å². The van der Waals surface area contributed by atoms with Gasteiger partial charge in [0.05, 0.1) is 29.0 Å². The molecule has 0 N–H and O–H groups in total. The third-order valence-electron chi connectivity index (χ3n) is 5.29. The molecule has 0 saturated carbocycles. The Labute approximate surface area is 192 Å². The Hall–Kier alpha value is -3.22. The van der Waals surface area contributed by atoms with Gasteiger partial charge in [-0.1, -0.05) is 17.7 Å². The minimum absolute atomic E-state index is 0.0319. The summed E-state index contributed by atoms with van der Waals surface area (Å²) in [4.78, 5) is 32.5. The Morgan fingerprint density at radius 2 is 1.74 bits per heavy atom. The van der Waals surface area contributed by atoms with Gasteiger partial charge in [-0.25, -0.2) is 9.97 Å². The number of anilines is 1. The molecule has 7 nitrogen and oxygen atoms in total. The molecule has 2 aromatic heterocycles. The van der Waals surface area contributed by atoms with Gasteiger partial charge >= 0.3 is 17.8 Å². The van der Waals surface area contributed by atoms with Crippen molar-refractivity contribution in [1.82, 2.24) is 19.7 Å². The Morgan fingerprint density at radius 1 is 1.15 bits per heavy atom. The molecule has 3 aromatic rings. The number of halogens is 7. The lowest BCUT2D eigenvalue weighted by Gasteiger charge is -2.14. The number of alkyl halides is 6. The van der Waals surface area contributed by atoms with E-state index in [1.54, 1.807) is 0 Å². The van der Waals surface area contributed by atoms with E-state index in [-0.39, 0.29) is 27.8 Å². The predicted octanol–water partition coefficient (Wildman–Crippen LogP) is 4.30. The molecule has 0 aliphatic carbocycles. The summed E-state index contributed by atoms with van der Waals surface area (Å²) < 4.78 is 82.6. The molecule has 1 saturated heterocycles. The second-order valence-corrected chi connectivity index (χ2v) is 8.22. The van der Waals surface area contributed by atoms with Crippen LogP contribution in [0.1, 0.15) is 29.0 Å². The van der Waals surface area contributed by atoms with Crippen LogP contribution in [-0.4, -0.2) is 56.9 Å². The number of benzene rings is 1. The summed E-state index contributed by atoms with van der Waals surface area (Å²) in [5.74, 6) is -15.9. The van der Waals surface area contributed by atoms with Gasteiger partial charge in [-0.2, -0.15) is 31.0 Å². The van der Waals surface area contributed by atoms with Crippen LogP contribution in [-0.2, 0) is 10.7 Å². The highest BCUT2D eigenvalue weighted by molar-refractivity contribution is 6.36. The molecule has 1 aliphatic rings. The summed E-state index contributed by atoms with van der Waals surface area (Å²) in [5.41, 5.74) is -0.171. The zero-order valence-corrected chi connectivity index (χ0v) is 17.9. The highest BCUT2D eigenvalue weighted by atomic mass is 35.5. The van der Waals surface area contributed by atoms with Crippen LogP contribution in [0.25, 0.3) is 10.9 Å². The van der Waals surface area contributed by atoms with Crippen molar-refractivity contribution in [2.45, 2.75) is 30.6 Å². The summed E-state index contributed by atoms with van der Waals surface area (Å²) in [6, 6.07) is 4.09. The average molecular weight is 506 g/mol. The van der Waals surface area contributed by atoms with Crippen molar-refractivity contribution < 1.29 is 35.9 Å². The van der Waals surface area contributed by atoms with Gasteiger partial charge < -0.3 is 9.69 Å². The minimum Gasteiger partial charge on any atom is -0.342 e. The van der Waals surface area contributed by atoms with Gasteiger partial charge in [-0.15, -0.1) is 5.10 Å². The predicted molar refractivity (Wildman–Crippen MR) is 108 cm³/mol. The molecule has 34 heavy (non-hydrogen) atoms. The van der Waals surface area contributed by atoms with Crippen LogP contribution in [0.5, 0.6) is 0 Å². The SMILES string of the molecule is CC(F)(F)c1ncc(C(C=O)C(=O)n2nc(N3CC(F)(F)C(F)(F)C3)c3c(Cl)cccc32)cn1. The third-order valence-corrected chi connectivity index (χ3v) is 5.60. The molecule has 1 atom stereocenters. The number of nitrogens with zero attached hydrogens (tertiary/aromatic N) is 5. The van der Waals surface area contributed by atoms with Crippen molar-refractivity contribution in [3.05, 3.63) is 47.0 Å². The fourth-order valence-electron chi connectivity index (χ4n) is 3.55. The van der Waals surface area contributed by atoms with Crippen LogP contribution in [0.15, 0.2) is 30.6 Å². The maximum Gasteiger partial charge on any atom is 0.329 e. The van der Waals surface area contributed by atoms with Gasteiger partial charge in [0.15, 0.2) is 11.6 Å². The van der Waals surface area contributed by atoms with Crippen molar-refractivity contribution in [3.63, 3.8) is 0 Å². The topological polar surface area (TPSA) is 81.0 Å². The summed E-state index contributed by atoms with van der Waals surface area (Å²) in [6.45, 7) is -2.18. The van der Waals surface area contributed by atoms with Gasteiger partial charge in [0.2, 0.25) is 0 Å². The number of carbonyl (C=O) groups excluding carboxylic acids is 2. The Balaban J connectivity index is 1.78. The summed E-state index contributed by atoms with van der Waals surface area (Å²) in [5, 5.41) is 3.84. The molecule has 1 aromatic carbocycles. The fraction of sp³-hybridized carbons (Fsp3) is 0.350. The molecule has 0 spiro atoms. The van der Waals surface area contributed by atoms with E-state index >= 15 is 0 Å². The molecule has 0 radical (unpaired) electrons. The highest BCUT2D eigenvalue weighted by Crippen LogP contribution is 2.44. The van der Waals surface area contributed by atoms with E-state index < -0.39 is 54.3 Å². The number of carbonyl (C=O) groups is 2. The second kappa shape index (κ2) is 7.93. The van der Waals surface area contributed by atoms with Crippen molar-refractivity contribution in [3.8, 4) is 0 Å². The number of rotatable bonds is 5. The highest BCUT2D eigenvalue weighted by Gasteiger charge is 2.63. The van der Waals surface area contributed by atoms with Crippen molar-refractivity contribution in [2.24, 2.45) is 0 Å². The third kappa shape index (κ3) is 3.87. The molecule has 4 rings (SSSR count). The quantitative estimate of drug-likeness (QED) is 0.292. The van der Waals surface area contributed by atoms with Crippen LogP contribution in [0.2, 0.25) is 5.02 Å². The number of aromatic nitrogens is 4. The second-order valence-electron chi connectivity index (χ2n) is 7.81. The van der Waals surface area contributed by atoms with Crippen LogP contribution in [0.3, 0.4) is 0 Å². The van der Waals surface area contributed by atoms with E-state index in [0.717, 1.165) is 12.4 Å². The first kappa shape index (κ1) is 23.9. The van der Waals surface area contributed by atoms with Gasteiger partial charge in [0, 0.05) is 24.9 Å². The normalized spacial score (nSPS) is 18.3. The van der Waals surface area contributed by atoms with Gasteiger partial charge in [-0.05, 0) is 12.1 Å². The van der Waals surface area contributed by atoms with E-state index in [1.165, 1.54) is 18.2 Å². The zero-order valence-electron chi connectivity index (χ0n) is 17.2. The van der Waals surface area contributed by atoms with Crippen molar-refractivity contribution in [1.29, 1.82) is 0 Å². The Bertz CT molecular complexity index is 1260. The first-order valence-electron chi connectivity index (χ1n) is 9.64. The largest absolute Gasteiger partial charge is 0.342 e. The average Bonchev–Trinajstić information content (AvgIpc) is 3.23. The van der Waals surface area contributed by atoms with E-state index in [4.69, 9.17) is 11.6 Å². The molecule has 1 unspecified atom stereocenters. The Kier molecular flexibility index (Phi) is 5.58. The van der Waals surface area contributed by atoms with Crippen LogP contribution >= 0.6 is 11.6 Å². The molecular weight excluding hydrogens is 492 g/mol. The van der Waals surface area contributed by atoms with Gasteiger partial charge in [0.1, 0.15) is 12.2 Å². The zero-order chi connectivity index (χ0) is 25.1. The van der Waals surface area contributed by atoms with Crippen LogP contribution < -0.4 is 4.90 Å². The maximum atomic E-state index is 13.8. The molecule has 1 aliphatic heterocycles. The molecule has 1 fully saturated rings. The smallest absolute Gasteiger partial charge is 0.329 e. The number of hydrogen-bond acceptors (Lipinski definition) is 6. The standard InChI is InChI=1S/C20H14ClF6N5O2/c1-18(22,23)17-28-5-10(6-29-17)11(7-33)16(34)32-13-4-2-3-12(21)14(13)15(30-32)31-8-19(24,25)20(26,27)9-31/h2-7,11H,8-9H2,1H3. The minimum atomic E-state index is -4.35. The number of fused-ring (bicyclic) bond motifs is 1. The first-order valence-corrected chi connectivity index (χ1v) is 10.0. The van der Waals surface area contributed by atoms with Crippen LogP contribution in [0, 0.1) is 0 Å². The molecule has 180 valence electrons. The first-order chi connectivity index (χ1) is 15.8. The van der Waals surface area contributed by atoms with Crippen molar-refractivity contribution in [2.75, 3.05) is 18.0 Å². The molecule has 0 amide bonds. The van der Waals surface area contributed by atoms with E-state index in [0.29, 0.717) is 16.5 Å².